The van der Waals surface area contributed by atoms with Gasteiger partial charge in [-0.3, -0.25) is 0 Å². The average molecular weight is 221 g/mol. The highest BCUT2D eigenvalue weighted by molar-refractivity contribution is 5.71. The van der Waals surface area contributed by atoms with Crippen LogP contribution in [-0.2, 0) is 0 Å². The van der Waals surface area contributed by atoms with Crippen molar-refractivity contribution in [3.05, 3.63) is 66.3 Å². The zero-order valence-electron chi connectivity index (χ0n) is 9.21. The summed E-state index contributed by atoms with van der Waals surface area (Å²) >= 11 is 0. The molecule has 0 saturated carbocycles. The van der Waals surface area contributed by atoms with Crippen molar-refractivity contribution in [1.82, 2.24) is 4.98 Å². The Hall–Kier alpha value is -2.09. The molecule has 0 aliphatic heterocycles. The van der Waals surface area contributed by atoms with Gasteiger partial charge in [0.05, 0.1) is 0 Å². The molecule has 0 saturated heterocycles. The molecule has 2 heteroatoms. The zero-order valence-corrected chi connectivity index (χ0v) is 9.21. The third-order valence-electron chi connectivity index (χ3n) is 3.61. The van der Waals surface area contributed by atoms with Crippen LogP contribution in [-0.4, -0.2) is 4.98 Å². The first-order valence-corrected chi connectivity index (χ1v) is 5.83. The van der Waals surface area contributed by atoms with Crippen LogP contribution in [0.2, 0.25) is 0 Å². The Morgan fingerprint density at radius 1 is 1.00 bits per heavy atom. The van der Waals surface area contributed by atoms with Gasteiger partial charge >= 0.3 is 0 Å². The van der Waals surface area contributed by atoms with Crippen LogP contribution in [0.4, 0.5) is 0 Å². The molecule has 17 heavy (non-hydrogen) atoms. The van der Waals surface area contributed by atoms with E-state index in [9.17, 15) is 0 Å². The van der Waals surface area contributed by atoms with Gasteiger partial charge < -0.3 is 4.42 Å². The SMILES string of the molecule is C1=CC2c3ccccc3-c3ncoc3C2C=C1. The Morgan fingerprint density at radius 2 is 1.82 bits per heavy atom. The van der Waals surface area contributed by atoms with Gasteiger partial charge in [-0.05, 0) is 5.56 Å². The van der Waals surface area contributed by atoms with Crippen LogP contribution in [0.5, 0.6) is 0 Å². The first kappa shape index (κ1) is 8.99. The summed E-state index contributed by atoms with van der Waals surface area (Å²) in [7, 11) is 0. The van der Waals surface area contributed by atoms with Crippen LogP contribution in [0.1, 0.15) is 23.2 Å². The van der Waals surface area contributed by atoms with Crippen LogP contribution in [0.3, 0.4) is 0 Å². The minimum atomic E-state index is 0.299. The lowest BCUT2D eigenvalue weighted by Gasteiger charge is -2.29. The fourth-order valence-electron chi connectivity index (χ4n) is 2.85. The molecular formula is C15H11NO. The summed E-state index contributed by atoms with van der Waals surface area (Å²) in [5.74, 6) is 1.68. The van der Waals surface area contributed by atoms with E-state index in [0.29, 0.717) is 11.8 Å². The highest BCUT2D eigenvalue weighted by atomic mass is 16.3. The molecule has 0 fully saturated rings. The first-order valence-electron chi connectivity index (χ1n) is 5.83. The molecule has 2 unspecified atom stereocenters. The van der Waals surface area contributed by atoms with Crippen molar-refractivity contribution >= 4 is 0 Å². The van der Waals surface area contributed by atoms with Crippen molar-refractivity contribution in [3.8, 4) is 11.3 Å². The van der Waals surface area contributed by atoms with Crippen LogP contribution in [0, 0.1) is 0 Å². The smallest absolute Gasteiger partial charge is 0.181 e. The topological polar surface area (TPSA) is 26.0 Å². The van der Waals surface area contributed by atoms with Gasteiger partial charge in [-0.2, -0.15) is 0 Å². The molecule has 1 aromatic heterocycles. The van der Waals surface area contributed by atoms with E-state index in [4.69, 9.17) is 4.42 Å². The molecule has 2 nitrogen and oxygen atoms in total. The van der Waals surface area contributed by atoms with E-state index in [1.54, 1.807) is 6.39 Å². The monoisotopic (exact) mass is 221 g/mol. The highest BCUT2D eigenvalue weighted by Gasteiger charge is 2.34. The minimum absolute atomic E-state index is 0.299. The summed E-state index contributed by atoms with van der Waals surface area (Å²) < 4.78 is 5.59. The Morgan fingerprint density at radius 3 is 2.76 bits per heavy atom. The van der Waals surface area contributed by atoms with E-state index in [1.807, 2.05) is 0 Å². The number of hydrogen-bond donors (Lipinski definition) is 0. The van der Waals surface area contributed by atoms with Gasteiger partial charge in [-0.15, -0.1) is 0 Å². The normalized spacial score (nSPS) is 24.0. The molecular weight excluding hydrogens is 210 g/mol. The lowest BCUT2D eigenvalue weighted by molar-refractivity contribution is 0.469. The van der Waals surface area contributed by atoms with Gasteiger partial charge in [0.25, 0.3) is 0 Å². The van der Waals surface area contributed by atoms with Crippen molar-refractivity contribution in [3.63, 3.8) is 0 Å². The third-order valence-corrected chi connectivity index (χ3v) is 3.61. The number of oxazole rings is 1. The van der Waals surface area contributed by atoms with Gasteiger partial charge in [-0.25, -0.2) is 4.98 Å². The van der Waals surface area contributed by atoms with Gasteiger partial charge in [0.2, 0.25) is 0 Å². The molecule has 1 aromatic carbocycles. The van der Waals surface area contributed by atoms with E-state index >= 15 is 0 Å². The van der Waals surface area contributed by atoms with E-state index in [1.165, 1.54) is 11.1 Å². The van der Waals surface area contributed by atoms with Crippen LogP contribution >= 0.6 is 0 Å². The van der Waals surface area contributed by atoms with E-state index in [-0.39, 0.29) is 0 Å². The fraction of sp³-hybridized carbons (Fsp3) is 0.133. The number of allylic oxidation sites excluding steroid dienone is 4. The molecule has 2 atom stereocenters. The summed E-state index contributed by atoms with van der Waals surface area (Å²) in [4.78, 5) is 4.36. The van der Waals surface area contributed by atoms with Crippen molar-refractivity contribution < 1.29 is 4.42 Å². The van der Waals surface area contributed by atoms with Crippen LogP contribution in [0.25, 0.3) is 11.3 Å². The predicted octanol–water partition coefficient (Wildman–Crippen LogP) is 3.65. The second kappa shape index (κ2) is 3.20. The minimum Gasteiger partial charge on any atom is -0.447 e. The average Bonchev–Trinajstić information content (AvgIpc) is 2.89. The Kier molecular flexibility index (Phi) is 1.69. The first-order chi connectivity index (χ1) is 8.45. The molecule has 0 amide bonds. The summed E-state index contributed by atoms with van der Waals surface area (Å²) in [6.07, 6.45) is 10.2. The molecule has 4 rings (SSSR count). The Labute approximate surface area is 99.3 Å². The molecule has 0 bridgehead atoms. The summed E-state index contributed by atoms with van der Waals surface area (Å²) in [6.45, 7) is 0. The molecule has 0 spiro atoms. The predicted molar refractivity (Wildman–Crippen MR) is 65.7 cm³/mol. The van der Waals surface area contributed by atoms with Gasteiger partial charge in [0, 0.05) is 17.4 Å². The van der Waals surface area contributed by atoms with Gasteiger partial charge in [-0.1, -0.05) is 48.6 Å². The number of hydrogen-bond acceptors (Lipinski definition) is 2. The summed E-state index contributed by atoms with van der Waals surface area (Å²) in [5, 5.41) is 0. The lowest BCUT2D eigenvalue weighted by atomic mass is 9.74. The maximum Gasteiger partial charge on any atom is 0.181 e. The van der Waals surface area contributed by atoms with Gasteiger partial charge in [0.1, 0.15) is 11.5 Å². The van der Waals surface area contributed by atoms with E-state index in [0.717, 1.165) is 11.5 Å². The van der Waals surface area contributed by atoms with Crippen LogP contribution < -0.4 is 0 Å². The fourth-order valence-corrected chi connectivity index (χ4v) is 2.85. The maximum atomic E-state index is 5.59. The van der Waals surface area contributed by atoms with E-state index < -0.39 is 0 Å². The van der Waals surface area contributed by atoms with E-state index in [2.05, 4.69) is 53.6 Å². The number of fused-ring (bicyclic) bond motifs is 6. The molecule has 2 aromatic rings. The maximum absolute atomic E-state index is 5.59. The molecule has 2 aliphatic rings. The lowest BCUT2D eigenvalue weighted by Crippen LogP contribution is -2.15. The Balaban J connectivity index is 2.05. The van der Waals surface area contributed by atoms with Crippen molar-refractivity contribution in [2.75, 3.05) is 0 Å². The second-order valence-corrected chi connectivity index (χ2v) is 4.47. The largest absolute Gasteiger partial charge is 0.447 e. The molecule has 0 radical (unpaired) electrons. The zero-order chi connectivity index (χ0) is 11.2. The molecule has 2 aliphatic carbocycles. The molecule has 0 N–H and O–H groups in total. The highest BCUT2D eigenvalue weighted by Crippen LogP contribution is 2.48. The number of aromatic nitrogens is 1. The van der Waals surface area contributed by atoms with Crippen molar-refractivity contribution in [1.29, 1.82) is 0 Å². The number of benzene rings is 1. The Bertz CT molecular complexity index is 636. The van der Waals surface area contributed by atoms with Crippen LogP contribution in [0.15, 0.2) is 59.4 Å². The quantitative estimate of drug-likeness (QED) is 0.678. The number of nitrogens with zero attached hydrogens (tertiary/aromatic N) is 1. The number of rotatable bonds is 0. The van der Waals surface area contributed by atoms with Gasteiger partial charge in [0.15, 0.2) is 6.39 Å². The molecule has 1 heterocycles. The molecule has 82 valence electrons. The second-order valence-electron chi connectivity index (χ2n) is 4.47. The standard InChI is InChI=1S/C15H11NO/c1-3-7-12-10(5-1)11-6-2-4-8-13(11)15-14(12)16-9-17-15/h1-9,11,13H. The summed E-state index contributed by atoms with van der Waals surface area (Å²) in [5.41, 5.74) is 3.55. The summed E-state index contributed by atoms with van der Waals surface area (Å²) in [6, 6.07) is 8.46. The third kappa shape index (κ3) is 1.12. The van der Waals surface area contributed by atoms with Crippen molar-refractivity contribution in [2.24, 2.45) is 0 Å². The van der Waals surface area contributed by atoms with Crippen molar-refractivity contribution in [2.45, 2.75) is 11.8 Å².